The van der Waals surface area contributed by atoms with Gasteiger partial charge < -0.3 is 9.84 Å². The van der Waals surface area contributed by atoms with Crippen molar-refractivity contribution in [2.24, 2.45) is 46.3 Å². The maximum Gasteiger partial charge on any atom is 0.305 e. The molecule has 4 nitrogen and oxygen atoms in total. The molecule has 4 aliphatic carbocycles. The molecule has 4 aliphatic rings. The molecule has 0 spiro atoms. The van der Waals surface area contributed by atoms with Crippen molar-refractivity contribution in [3.8, 4) is 0 Å². The van der Waals surface area contributed by atoms with Crippen molar-refractivity contribution in [3.05, 3.63) is 5.57 Å². The van der Waals surface area contributed by atoms with Crippen LogP contribution in [0.4, 0.5) is 0 Å². The fourth-order valence-corrected chi connectivity index (χ4v) is 8.70. The number of carbonyl (C=O) groups is 1. The Labute approximate surface area is 181 Å². The van der Waals surface area contributed by atoms with Crippen LogP contribution in [0.5, 0.6) is 0 Å². The van der Waals surface area contributed by atoms with Crippen LogP contribution in [-0.4, -0.2) is 30.2 Å². The fraction of sp³-hybridized carbons (Fsp3) is 0.885. The molecule has 0 bridgehead atoms. The molecule has 4 heteroatoms. The highest BCUT2D eigenvalue weighted by molar-refractivity contribution is 5.69. The van der Waals surface area contributed by atoms with E-state index in [2.05, 4.69) is 26.7 Å². The summed E-state index contributed by atoms with van der Waals surface area (Å²) in [5.74, 6) is 5.33. The van der Waals surface area contributed by atoms with E-state index in [-0.39, 0.29) is 22.9 Å². The lowest BCUT2D eigenvalue weighted by atomic mass is 9.43. The third kappa shape index (κ3) is 3.39. The lowest BCUT2D eigenvalue weighted by Gasteiger charge is -2.61. The van der Waals surface area contributed by atoms with Crippen LogP contribution in [0.1, 0.15) is 85.0 Å². The summed E-state index contributed by atoms with van der Waals surface area (Å²) in [5.41, 5.74) is 1.52. The Morgan fingerprint density at radius 3 is 2.57 bits per heavy atom. The predicted molar refractivity (Wildman–Crippen MR) is 116 cm³/mol. The second kappa shape index (κ2) is 8.10. The maximum absolute atomic E-state index is 12.1. The number of methoxy groups -OCH3 is 1. The Hall–Kier alpha value is -1.12. The van der Waals surface area contributed by atoms with Gasteiger partial charge in [0, 0.05) is 12.0 Å². The molecule has 168 valence electrons. The largest absolute Gasteiger partial charge is 0.469 e. The first kappa shape index (κ1) is 22.1. The fourth-order valence-electron chi connectivity index (χ4n) is 8.70. The van der Waals surface area contributed by atoms with Gasteiger partial charge in [0.15, 0.2) is 0 Å². The average Bonchev–Trinajstić information content (AvgIpc) is 3.09. The molecule has 0 aromatic heterocycles. The quantitative estimate of drug-likeness (QED) is 0.519. The molecule has 1 N–H and O–H groups in total. The number of hydrogen-bond acceptors (Lipinski definition) is 4. The van der Waals surface area contributed by atoms with Gasteiger partial charge in [0.1, 0.15) is 5.94 Å². The highest BCUT2D eigenvalue weighted by Gasteiger charge is 2.62. The van der Waals surface area contributed by atoms with E-state index in [9.17, 15) is 14.7 Å². The second-order valence-electron chi connectivity index (χ2n) is 11.5. The predicted octanol–water partition coefficient (Wildman–Crippen LogP) is 4.96. The molecule has 0 saturated heterocycles. The third-order valence-electron chi connectivity index (χ3n) is 10.4. The van der Waals surface area contributed by atoms with Crippen molar-refractivity contribution in [1.82, 2.24) is 0 Å². The summed E-state index contributed by atoms with van der Waals surface area (Å²) < 4.78 is 4.86. The van der Waals surface area contributed by atoms with Gasteiger partial charge in [0.25, 0.3) is 0 Å². The first-order chi connectivity index (χ1) is 14.2. The summed E-state index contributed by atoms with van der Waals surface area (Å²) in [7, 11) is 1.47. The minimum atomic E-state index is -0.201. The highest BCUT2D eigenvalue weighted by Crippen LogP contribution is 2.69. The number of aliphatic hydroxyl groups excluding tert-OH is 1. The highest BCUT2D eigenvalue weighted by atomic mass is 16.5. The molecule has 0 heterocycles. The van der Waals surface area contributed by atoms with E-state index in [4.69, 9.17) is 4.74 Å². The molecule has 30 heavy (non-hydrogen) atoms. The zero-order valence-corrected chi connectivity index (χ0v) is 19.3. The smallest absolute Gasteiger partial charge is 0.305 e. The van der Waals surface area contributed by atoms with Gasteiger partial charge >= 0.3 is 5.97 Å². The van der Waals surface area contributed by atoms with Gasteiger partial charge in [-0.05, 0) is 104 Å². The third-order valence-corrected chi connectivity index (χ3v) is 10.4. The lowest BCUT2D eigenvalue weighted by molar-refractivity contribution is -0.141. The topological polar surface area (TPSA) is 63.6 Å². The maximum atomic E-state index is 12.1. The standard InChI is InChI=1S/C26H40O4/c1-16(5-8-23(29)30-4)20-6-7-21-24-17(15-27)13-18-14-19(28)9-11-25(18,2)22(24)10-12-26(20,21)3/h16,18-22,24,28H,5-14H2,1-4H3/t16-,18-,19-,20-,21+,22+,24+,25+,26-/m1/s1. The Morgan fingerprint density at radius 1 is 1.17 bits per heavy atom. The number of esters is 1. The van der Waals surface area contributed by atoms with Gasteiger partial charge in [-0.2, -0.15) is 0 Å². The minimum absolute atomic E-state index is 0.109. The van der Waals surface area contributed by atoms with E-state index in [1.165, 1.54) is 32.8 Å². The Morgan fingerprint density at radius 2 is 1.87 bits per heavy atom. The minimum Gasteiger partial charge on any atom is -0.469 e. The van der Waals surface area contributed by atoms with Gasteiger partial charge in [0.2, 0.25) is 0 Å². The Balaban J connectivity index is 1.58. The van der Waals surface area contributed by atoms with Crippen LogP contribution in [0.15, 0.2) is 5.57 Å². The molecule has 0 radical (unpaired) electrons. The number of ether oxygens (including phenoxy) is 1. The summed E-state index contributed by atoms with van der Waals surface area (Å²) >= 11 is 0. The van der Waals surface area contributed by atoms with Crippen LogP contribution >= 0.6 is 0 Å². The van der Waals surface area contributed by atoms with E-state index < -0.39 is 0 Å². The van der Waals surface area contributed by atoms with Gasteiger partial charge in [-0.1, -0.05) is 20.8 Å². The van der Waals surface area contributed by atoms with E-state index in [0.717, 1.165) is 37.7 Å². The number of fused-ring (bicyclic) bond motifs is 5. The summed E-state index contributed by atoms with van der Waals surface area (Å²) in [6, 6.07) is 0. The first-order valence-electron chi connectivity index (χ1n) is 12.2. The van der Waals surface area contributed by atoms with Gasteiger partial charge in [-0.3, -0.25) is 4.79 Å². The average molecular weight is 417 g/mol. The number of hydrogen-bond donors (Lipinski definition) is 1. The summed E-state index contributed by atoms with van der Waals surface area (Å²) in [4.78, 5) is 23.8. The van der Waals surface area contributed by atoms with Crippen molar-refractivity contribution in [3.63, 3.8) is 0 Å². The molecule has 4 rings (SSSR count). The SMILES string of the molecule is COC(=O)CC[C@@H](C)[C@H]1CC[C@H]2[C@@H]3C(=C=O)C[C@@H]4C[C@H](O)CC[C@]4(C)[C@H]3CC[C@]12C. The summed E-state index contributed by atoms with van der Waals surface area (Å²) in [6.07, 6.45) is 9.69. The van der Waals surface area contributed by atoms with Crippen LogP contribution in [-0.2, 0) is 14.3 Å². The van der Waals surface area contributed by atoms with E-state index in [1.54, 1.807) is 0 Å². The number of carbonyl (C=O) groups excluding carboxylic acids is 2. The number of rotatable bonds is 4. The molecule has 0 amide bonds. The zero-order valence-electron chi connectivity index (χ0n) is 19.3. The molecule has 4 saturated carbocycles. The first-order valence-corrected chi connectivity index (χ1v) is 12.2. The van der Waals surface area contributed by atoms with Crippen molar-refractivity contribution in [2.45, 2.75) is 91.1 Å². The van der Waals surface area contributed by atoms with Crippen molar-refractivity contribution in [1.29, 1.82) is 0 Å². The number of aliphatic hydroxyl groups is 1. The van der Waals surface area contributed by atoms with Crippen LogP contribution in [0.3, 0.4) is 0 Å². The van der Waals surface area contributed by atoms with Gasteiger partial charge in [-0.15, -0.1) is 0 Å². The summed E-state index contributed by atoms with van der Waals surface area (Å²) in [5, 5.41) is 10.3. The zero-order chi connectivity index (χ0) is 21.7. The molecule has 0 aromatic rings. The van der Waals surface area contributed by atoms with E-state index in [0.29, 0.717) is 41.9 Å². The molecule has 4 fully saturated rings. The van der Waals surface area contributed by atoms with Gasteiger partial charge in [0.05, 0.1) is 13.2 Å². The Kier molecular flexibility index (Phi) is 5.96. The molecule has 0 aromatic carbocycles. The molecule has 0 unspecified atom stereocenters. The van der Waals surface area contributed by atoms with Crippen molar-refractivity contribution >= 4 is 11.9 Å². The lowest BCUT2D eigenvalue weighted by Crippen LogP contribution is -2.55. The molecular formula is C26H40O4. The van der Waals surface area contributed by atoms with Crippen LogP contribution in [0, 0.1) is 46.3 Å². The summed E-state index contributed by atoms with van der Waals surface area (Å²) in [6.45, 7) is 7.24. The van der Waals surface area contributed by atoms with E-state index >= 15 is 0 Å². The normalized spacial score (nSPS) is 46.2. The second-order valence-corrected chi connectivity index (χ2v) is 11.5. The van der Waals surface area contributed by atoms with E-state index in [1.807, 2.05) is 0 Å². The monoisotopic (exact) mass is 416 g/mol. The van der Waals surface area contributed by atoms with Crippen molar-refractivity contribution in [2.75, 3.05) is 7.11 Å². The molecule has 0 aliphatic heterocycles. The molecular weight excluding hydrogens is 376 g/mol. The van der Waals surface area contributed by atoms with Gasteiger partial charge in [-0.25, -0.2) is 4.79 Å². The Bertz CT molecular complexity index is 725. The van der Waals surface area contributed by atoms with Crippen LogP contribution in [0.25, 0.3) is 0 Å². The van der Waals surface area contributed by atoms with Crippen LogP contribution in [0.2, 0.25) is 0 Å². The molecule has 9 atom stereocenters. The van der Waals surface area contributed by atoms with Crippen LogP contribution < -0.4 is 0 Å². The van der Waals surface area contributed by atoms with Crippen molar-refractivity contribution < 1.29 is 19.4 Å². The number of allylic oxidation sites excluding steroid dienone is 1.